The molecule has 3 rings (SSSR count). The van der Waals surface area contributed by atoms with Crippen LogP contribution in [0.1, 0.15) is 18.1 Å². The molecule has 0 aliphatic carbocycles. The molecule has 3 aromatic rings. The number of aromatic hydroxyl groups is 1. The molecule has 0 atom stereocenters. The number of carbonyl (C=O) groups is 1. The molecule has 0 bridgehead atoms. The summed E-state index contributed by atoms with van der Waals surface area (Å²) in [4.78, 5) is 12.3. The SMILES string of the molecule is C=CCc1cccc(C=NNC(=O)CSc2nnc(-c3ccc(Br)cc3)n2CC(=C)C)c1O. The lowest BCUT2D eigenvalue weighted by molar-refractivity contribution is -0.118. The molecular weight excluding hydrogens is 502 g/mol. The van der Waals surface area contributed by atoms with Crippen LogP contribution in [0.2, 0.25) is 0 Å². The van der Waals surface area contributed by atoms with E-state index in [-0.39, 0.29) is 17.4 Å². The lowest BCUT2D eigenvalue weighted by atomic mass is 10.1. The van der Waals surface area contributed by atoms with Gasteiger partial charge in [-0.1, -0.05) is 70.2 Å². The minimum absolute atomic E-state index is 0.106. The third-order valence-corrected chi connectivity index (χ3v) is 5.98. The van der Waals surface area contributed by atoms with Gasteiger partial charge in [0.15, 0.2) is 11.0 Å². The van der Waals surface area contributed by atoms with E-state index in [0.29, 0.717) is 29.5 Å². The summed E-state index contributed by atoms with van der Waals surface area (Å²) in [6, 6.07) is 13.1. The number of phenols is 1. The summed E-state index contributed by atoms with van der Waals surface area (Å²) in [5.41, 5.74) is 5.61. The van der Waals surface area contributed by atoms with E-state index >= 15 is 0 Å². The molecule has 0 saturated heterocycles. The molecule has 1 heterocycles. The molecular formula is C24H24BrN5O2S. The fourth-order valence-electron chi connectivity index (χ4n) is 2.99. The van der Waals surface area contributed by atoms with Crippen LogP contribution in [0.15, 0.2) is 82.0 Å². The fraction of sp³-hybridized carbons (Fsp3) is 0.167. The fourth-order valence-corrected chi connectivity index (χ4v) is 3.99. The van der Waals surface area contributed by atoms with Crippen LogP contribution >= 0.6 is 27.7 Å². The summed E-state index contributed by atoms with van der Waals surface area (Å²) in [7, 11) is 0. The van der Waals surface area contributed by atoms with Crippen LogP contribution in [0.5, 0.6) is 5.75 Å². The number of rotatable bonds is 10. The number of carbonyl (C=O) groups excluding carboxylic acids is 1. The summed E-state index contributed by atoms with van der Waals surface area (Å²) >= 11 is 4.70. The average Bonchev–Trinajstić information content (AvgIpc) is 3.17. The van der Waals surface area contributed by atoms with Crippen LogP contribution in [0, 0.1) is 0 Å². The van der Waals surface area contributed by atoms with E-state index in [2.05, 4.69) is 49.8 Å². The Morgan fingerprint density at radius 1 is 1.27 bits per heavy atom. The zero-order valence-electron chi connectivity index (χ0n) is 18.2. The van der Waals surface area contributed by atoms with Gasteiger partial charge in [-0.15, -0.1) is 16.8 Å². The van der Waals surface area contributed by atoms with Gasteiger partial charge < -0.3 is 5.11 Å². The zero-order valence-corrected chi connectivity index (χ0v) is 20.6. The number of aromatic nitrogens is 3. The summed E-state index contributed by atoms with van der Waals surface area (Å²) in [5, 5.41) is 23.4. The maximum absolute atomic E-state index is 12.3. The van der Waals surface area contributed by atoms with Crippen molar-refractivity contribution in [2.24, 2.45) is 5.10 Å². The Balaban J connectivity index is 1.66. The second-order valence-corrected chi connectivity index (χ2v) is 9.14. The van der Waals surface area contributed by atoms with Crippen molar-refractivity contribution in [3.8, 4) is 17.1 Å². The molecule has 2 N–H and O–H groups in total. The number of para-hydroxylation sites is 1. The lowest BCUT2D eigenvalue weighted by Crippen LogP contribution is -2.20. The van der Waals surface area contributed by atoms with Gasteiger partial charge in [0.25, 0.3) is 5.91 Å². The van der Waals surface area contributed by atoms with Crippen molar-refractivity contribution in [3.05, 3.63) is 82.9 Å². The quantitative estimate of drug-likeness (QED) is 0.169. The first-order valence-corrected chi connectivity index (χ1v) is 11.9. The molecule has 0 aliphatic heterocycles. The Labute approximate surface area is 205 Å². The number of nitrogens with one attached hydrogen (secondary N) is 1. The van der Waals surface area contributed by atoms with Crippen LogP contribution in [0.25, 0.3) is 11.4 Å². The summed E-state index contributed by atoms with van der Waals surface area (Å²) in [5.74, 6) is 0.640. The van der Waals surface area contributed by atoms with Crippen LogP contribution in [-0.2, 0) is 17.8 Å². The number of hydrazone groups is 1. The van der Waals surface area contributed by atoms with E-state index in [1.54, 1.807) is 12.1 Å². The molecule has 7 nitrogen and oxygen atoms in total. The standard InChI is InChI=1S/C24H24BrN5O2S/c1-4-6-17-7-5-8-19(22(17)32)13-26-27-21(31)15-33-24-29-28-23(30(24)14-16(2)3)18-9-11-20(25)12-10-18/h4-5,7-13,32H,1-2,6,14-15H2,3H3,(H,27,31). The van der Waals surface area contributed by atoms with Crippen LogP contribution < -0.4 is 5.43 Å². The average molecular weight is 526 g/mol. The Morgan fingerprint density at radius 3 is 2.73 bits per heavy atom. The smallest absolute Gasteiger partial charge is 0.250 e. The Morgan fingerprint density at radius 2 is 2.03 bits per heavy atom. The normalized spacial score (nSPS) is 11.0. The van der Waals surface area contributed by atoms with Gasteiger partial charge in [0.1, 0.15) is 5.75 Å². The van der Waals surface area contributed by atoms with E-state index < -0.39 is 0 Å². The van der Waals surface area contributed by atoms with Gasteiger partial charge in [0, 0.05) is 22.1 Å². The first-order valence-electron chi connectivity index (χ1n) is 10.1. The second kappa shape index (κ2) is 11.6. The van der Waals surface area contributed by atoms with Crippen LogP contribution in [0.4, 0.5) is 0 Å². The number of hydrogen-bond donors (Lipinski definition) is 2. The Hall–Kier alpha value is -3.17. The summed E-state index contributed by atoms with van der Waals surface area (Å²) in [6.07, 6.45) is 3.67. The molecule has 170 valence electrons. The molecule has 0 aliphatic rings. The predicted octanol–water partition coefficient (Wildman–Crippen LogP) is 4.96. The highest BCUT2D eigenvalue weighted by atomic mass is 79.9. The number of amides is 1. The van der Waals surface area contributed by atoms with Gasteiger partial charge in [-0.25, -0.2) is 5.43 Å². The summed E-state index contributed by atoms with van der Waals surface area (Å²) < 4.78 is 2.92. The molecule has 33 heavy (non-hydrogen) atoms. The monoisotopic (exact) mass is 525 g/mol. The molecule has 0 saturated carbocycles. The molecule has 1 aromatic heterocycles. The van der Waals surface area contributed by atoms with Gasteiger partial charge in [-0.2, -0.15) is 5.10 Å². The summed E-state index contributed by atoms with van der Waals surface area (Å²) in [6.45, 7) is 10.1. The predicted molar refractivity (Wildman–Crippen MR) is 136 cm³/mol. The highest BCUT2D eigenvalue weighted by molar-refractivity contribution is 9.10. The molecule has 0 unspecified atom stereocenters. The number of thioether (sulfide) groups is 1. The number of benzene rings is 2. The van der Waals surface area contributed by atoms with Gasteiger partial charge in [0.05, 0.1) is 12.0 Å². The zero-order chi connectivity index (χ0) is 23.8. The maximum Gasteiger partial charge on any atom is 0.250 e. The number of hydrogen-bond acceptors (Lipinski definition) is 6. The highest BCUT2D eigenvalue weighted by Gasteiger charge is 2.16. The molecule has 9 heteroatoms. The number of allylic oxidation sites excluding steroid dienone is 2. The van der Waals surface area contributed by atoms with Crippen molar-refractivity contribution in [3.63, 3.8) is 0 Å². The topological polar surface area (TPSA) is 92.4 Å². The Bertz CT molecular complexity index is 1190. The minimum Gasteiger partial charge on any atom is -0.507 e. The number of phenolic OH excluding ortho intramolecular Hbond substituents is 1. The molecule has 2 aromatic carbocycles. The Kier molecular flexibility index (Phi) is 8.62. The van der Waals surface area contributed by atoms with E-state index in [1.165, 1.54) is 18.0 Å². The number of halogens is 1. The first-order chi connectivity index (χ1) is 15.9. The van der Waals surface area contributed by atoms with Crippen molar-refractivity contribution in [1.29, 1.82) is 0 Å². The number of nitrogens with zero attached hydrogens (tertiary/aromatic N) is 4. The minimum atomic E-state index is -0.298. The van der Waals surface area contributed by atoms with Gasteiger partial charge in [0.2, 0.25) is 0 Å². The van der Waals surface area contributed by atoms with Gasteiger partial charge in [-0.3, -0.25) is 9.36 Å². The molecule has 0 spiro atoms. The first kappa shape index (κ1) is 24.5. The van der Waals surface area contributed by atoms with E-state index in [0.717, 1.165) is 21.2 Å². The van der Waals surface area contributed by atoms with Crippen molar-refractivity contribution in [2.45, 2.75) is 25.0 Å². The highest BCUT2D eigenvalue weighted by Crippen LogP contribution is 2.26. The van der Waals surface area contributed by atoms with Crippen molar-refractivity contribution >= 4 is 39.8 Å². The maximum atomic E-state index is 12.3. The largest absolute Gasteiger partial charge is 0.507 e. The third-order valence-electron chi connectivity index (χ3n) is 4.49. The van der Waals surface area contributed by atoms with Crippen molar-refractivity contribution in [2.75, 3.05) is 5.75 Å². The molecule has 0 radical (unpaired) electrons. The van der Waals surface area contributed by atoms with Gasteiger partial charge in [-0.05, 0) is 37.1 Å². The van der Waals surface area contributed by atoms with E-state index in [4.69, 9.17) is 0 Å². The second-order valence-electron chi connectivity index (χ2n) is 7.29. The lowest BCUT2D eigenvalue weighted by Gasteiger charge is -2.10. The van der Waals surface area contributed by atoms with Crippen molar-refractivity contribution in [1.82, 2.24) is 20.2 Å². The van der Waals surface area contributed by atoms with Crippen LogP contribution in [-0.4, -0.2) is 37.7 Å². The van der Waals surface area contributed by atoms with Crippen LogP contribution in [0.3, 0.4) is 0 Å². The van der Waals surface area contributed by atoms with Gasteiger partial charge >= 0.3 is 0 Å². The van der Waals surface area contributed by atoms with E-state index in [9.17, 15) is 9.90 Å². The van der Waals surface area contributed by atoms with E-state index in [1.807, 2.05) is 47.9 Å². The third kappa shape index (κ3) is 6.66. The molecule has 1 amide bonds. The van der Waals surface area contributed by atoms with Crippen molar-refractivity contribution < 1.29 is 9.90 Å². The molecule has 0 fully saturated rings.